The van der Waals surface area contributed by atoms with Crippen molar-refractivity contribution in [3.8, 4) is 0 Å². The van der Waals surface area contributed by atoms with Gasteiger partial charge >= 0.3 is 0 Å². The van der Waals surface area contributed by atoms with Crippen LogP contribution in [0.1, 0.15) is 6.92 Å². The quantitative estimate of drug-likeness (QED) is 0.751. The summed E-state index contributed by atoms with van der Waals surface area (Å²) in [7, 11) is -1.61. The number of hydrogen-bond acceptors (Lipinski definition) is 4. The summed E-state index contributed by atoms with van der Waals surface area (Å²) in [6, 6.07) is 0.0369. The molecule has 7 heteroatoms. The zero-order chi connectivity index (χ0) is 12.2. The molecule has 0 aromatic carbocycles. The number of piperazine rings is 1. The van der Waals surface area contributed by atoms with Crippen LogP contribution in [0, 0.1) is 0 Å². The second kappa shape index (κ2) is 6.20. The summed E-state index contributed by atoms with van der Waals surface area (Å²) < 4.78 is 27.5. The normalized spacial score (nSPS) is 21.2. The zero-order valence-electron chi connectivity index (χ0n) is 10.1. The van der Waals surface area contributed by atoms with E-state index in [1.54, 1.807) is 23.1 Å². The van der Waals surface area contributed by atoms with Gasteiger partial charge in [-0.05, 0) is 13.2 Å². The van der Waals surface area contributed by atoms with Gasteiger partial charge in [0.2, 0.25) is 0 Å². The number of nitrogens with one attached hydrogen (secondary N) is 1. The Balaban J connectivity index is 2.67. The Morgan fingerprint density at radius 2 is 2.00 bits per heavy atom. The molecule has 1 unspecified atom stereocenters. The lowest BCUT2D eigenvalue weighted by molar-refractivity contribution is 0.311. The first-order valence-electron chi connectivity index (χ1n) is 5.43. The molecule has 1 saturated heterocycles. The fourth-order valence-corrected chi connectivity index (χ4v) is 3.97. The second-order valence-electron chi connectivity index (χ2n) is 3.98. The van der Waals surface area contributed by atoms with Gasteiger partial charge in [0.25, 0.3) is 10.2 Å². The first-order valence-corrected chi connectivity index (χ1v) is 8.22. The summed E-state index contributed by atoms with van der Waals surface area (Å²) in [5, 5.41) is 3.15. The van der Waals surface area contributed by atoms with E-state index in [0.717, 1.165) is 18.8 Å². The van der Waals surface area contributed by atoms with Crippen molar-refractivity contribution in [2.24, 2.45) is 0 Å². The smallest absolute Gasteiger partial charge is 0.282 e. The van der Waals surface area contributed by atoms with E-state index in [1.807, 2.05) is 13.2 Å². The van der Waals surface area contributed by atoms with Gasteiger partial charge in [-0.25, -0.2) is 0 Å². The van der Waals surface area contributed by atoms with Crippen LogP contribution in [-0.4, -0.2) is 68.3 Å². The molecule has 1 aliphatic rings. The highest BCUT2D eigenvalue weighted by molar-refractivity contribution is 7.98. The van der Waals surface area contributed by atoms with Crippen LogP contribution in [0.3, 0.4) is 0 Å². The Bertz CT molecular complexity index is 302. The molecule has 1 atom stereocenters. The van der Waals surface area contributed by atoms with Crippen LogP contribution in [0.15, 0.2) is 0 Å². The van der Waals surface area contributed by atoms with Gasteiger partial charge in [-0.15, -0.1) is 0 Å². The summed E-state index contributed by atoms with van der Waals surface area (Å²) in [6.07, 6.45) is 1.99. The van der Waals surface area contributed by atoms with Gasteiger partial charge in [-0.3, -0.25) is 0 Å². The molecule has 1 fully saturated rings. The van der Waals surface area contributed by atoms with Crippen molar-refractivity contribution in [1.82, 2.24) is 13.9 Å². The average Bonchev–Trinajstić information content (AvgIpc) is 2.29. The molecule has 1 N–H and O–H groups in total. The van der Waals surface area contributed by atoms with Crippen molar-refractivity contribution in [3.63, 3.8) is 0 Å². The zero-order valence-corrected chi connectivity index (χ0v) is 11.8. The SMILES string of the molecule is CSCC(C)N(C)S(=O)(=O)N1CCNCC1. The fraction of sp³-hybridized carbons (Fsp3) is 1.00. The Labute approximate surface area is 103 Å². The minimum Gasteiger partial charge on any atom is -0.314 e. The summed E-state index contributed by atoms with van der Waals surface area (Å²) >= 11 is 1.66. The van der Waals surface area contributed by atoms with Gasteiger partial charge < -0.3 is 5.32 Å². The summed E-state index contributed by atoms with van der Waals surface area (Å²) in [5.74, 6) is 0.821. The van der Waals surface area contributed by atoms with Crippen molar-refractivity contribution in [2.45, 2.75) is 13.0 Å². The molecule has 0 aliphatic carbocycles. The van der Waals surface area contributed by atoms with Crippen molar-refractivity contribution in [1.29, 1.82) is 0 Å². The molecule has 1 heterocycles. The van der Waals surface area contributed by atoms with Crippen LogP contribution in [0.4, 0.5) is 0 Å². The lowest BCUT2D eigenvalue weighted by Crippen LogP contribution is -2.52. The molecule has 0 bridgehead atoms. The van der Waals surface area contributed by atoms with E-state index in [2.05, 4.69) is 5.32 Å². The fourth-order valence-electron chi connectivity index (χ4n) is 1.63. The van der Waals surface area contributed by atoms with Gasteiger partial charge in [-0.1, -0.05) is 0 Å². The highest BCUT2D eigenvalue weighted by Crippen LogP contribution is 2.13. The van der Waals surface area contributed by atoms with Gasteiger partial charge in [0.1, 0.15) is 0 Å². The minimum absolute atomic E-state index is 0.0369. The van der Waals surface area contributed by atoms with E-state index >= 15 is 0 Å². The highest BCUT2D eigenvalue weighted by atomic mass is 32.2. The van der Waals surface area contributed by atoms with Crippen molar-refractivity contribution in [2.75, 3.05) is 45.2 Å². The van der Waals surface area contributed by atoms with E-state index in [1.165, 1.54) is 4.31 Å². The molecule has 0 aromatic heterocycles. The molecule has 16 heavy (non-hydrogen) atoms. The molecule has 1 aliphatic heterocycles. The van der Waals surface area contributed by atoms with Gasteiger partial charge in [-0.2, -0.15) is 28.8 Å². The van der Waals surface area contributed by atoms with Crippen molar-refractivity contribution in [3.05, 3.63) is 0 Å². The van der Waals surface area contributed by atoms with Crippen LogP contribution in [0.5, 0.6) is 0 Å². The molecule has 0 spiro atoms. The largest absolute Gasteiger partial charge is 0.314 e. The first-order chi connectivity index (χ1) is 7.50. The molecule has 0 amide bonds. The monoisotopic (exact) mass is 267 g/mol. The molecule has 0 aromatic rings. The van der Waals surface area contributed by atoms with E-state index < -0.39 is 10.2 Å². The third-order valence-electron chi connectivity index (χ3n) is 2.79. The standard InChI is InChI=1S/C9H21N3O2S2/c1-9(8-15-3)11(2)16(13,14)12-6-4-10-5-7-12/h9-10H,4-8H2,1-3H3. The number of nitrogens with zero attached hydrogens (tertiary/aromatic N) is 2. The van der Waals surface area contributed by atoms with Crippen molar-refractivity contribution >= 4 is 22.0 Å². The van der Waals surface area contributed by atoms with Crippen LogP contribution < -0.4 is 5.32 Å². The third-order valence-corrected chi connectivity index (χ3v) is 5.72. The summed E-state index contributed by atoms with van der Waals surface area (Å²) in [5.41, 5.74) is 0. The Morgan fingerprint density at radius 1 is 1.44 bits per heavy atom. The topological polar surface area (TPSA) is 52.7 Å². The molecule has 0 saturated carbocycles. The van der Waals surface area contributed by atoms with E-state index in [0.29, 0.717) is 13.1 Å². The van der Waals surface area contributed by atoms with Gasteiger partial charge in [0.15, 0.2) is 0 Å². The Morgan fingerprint density at radius 3 is 2.50 bits per heavy atom. The maximum Gasteiger partial charge on any atom is 0.282 e. The van der Waals surface area contributed by atoms with Crippen molar-refractivity contribution < 1.29 is 8.42 Å². The van der Waals surface area contributed by atoms with Crippen LogP contribution in [0.25, 0.3) is 0 Å². The lowest BCUT2D eigenvalue weighted by Gasteiger charge is -2.33. The second-order valence-corrected chi connectivity index (χ2v) is 6.88. The predicted octanol–water partition coefficient (Wildman–Crippen LogP) is -0.180. The molecule has 96 valence electrons. The maximum absolute atomic E-state index is 12.2. The molecule has 1 rings (SSSR count). The van der Waals surface area contributed by atoms with Crippen LogP contribution >= 0.6 is 11.8 Å². The van der Waals surface area contributed by atoms with E-state index in [4.69, 9.17) is 0 Å². The maximum atomic E-state index is 12.2. The van der Waals surface area contributed by atoms with Gasteiger partial charge in [0, 0.05) is 45.0 Å². The summed E-state index contributed by atoms with van der Waals surface area (Å²) in [6.45, 7) is 4.56. The Hall–Kier alpha value is 0.180. The molecule has 0 radical (unpaired) electrons. The van der Waals surface area contributed by atoms with E-state index in [9.17, 15) is 8.42 Å². The minimum atomic E-state index is -3.27. The lowest BCUT2D eigenvalue weighted by atomic mass is 10.4. The van der Waals surface area contributed by atoms with Crippen LogP contribution in [-0.2, 0) is 10.2 Å². The van der Waals surface area contributed by atoms with E-state index in [-0.39, 0.29) is 6.04 Å². The first kappa shape index (κ1) is 14.2. The summed E-state index contributed by atoms with van der Waals surface area (Å²) in [4.78, 5) is 0. The molecule has 5 nitrogen and oxygen atoms in total. The highest BCUT2D eigenvalue weighted by Gasteiger charge is 2.30. The van der Waals surface area contributed by atoms with Crippen LogP contribution in [0.2, 0.25) is 0 Å². The third kappa shape index (κ3) is 3.33. The molecular weight excluding hydrogens is 246 g/mol. The number of thioether (sulfide) groups is 1. The predicted molar refractivity (Wildman–Crippen MR) is 69.0 cm³/mol. The Kier molecular flexibility index (Phi) is 5.52. The number of hydrogen-bond donors (Lipinski definition) is 1. The average molecular weight is 267 g/mol. The molecular formula is C9H21N3O2S2. The van der Waals surface area contributed by atoms with Gasteiger partial charge in [0.05, 0.1) is 0 Å². The number of rotatable bonds is 5.